The zero-order chi connectivity index (χ0) is 20.2. The lowest BCUT2D eigenvalue weighted by Crippen LogP contribution is -2.34. The van der Waals surface area contributed by atoms with Crippen LogP contribution in [0.15, 0.2) is 60.7 Å². The van der Waals surface area contributed by atoms with Gasteiger partial charge in [-0.2, -0.15) is 0 Å². The third-order valence-corrected chi connectivity index (χ3v) is 5.18. The van der Waals surface area contributed by atoms with Gasteiger partial charge in [-0.15, -0.1) is 0 Å². The number of amides is 2. The van der Waals surface area contributed by atoms with Gasteiger partial charge in [-0.05, 0) is 59.5 Å². The lowest BCUT2D eigenvalue weighted by atomic mass is 10.0. The minimum Gasteiger partial charge on any atom is -0.484 e. The van der Waals surface area contributed by atoms with E-state index in [1.165, 1.54) is 0 Å². The summed E-state index contributed by atoms with van der Waals surface area (Å²) in [5.74, 6) is 0.583. The smallest absolute Gasteiger partial charge is 0.262 e. The predicted molar refractivity (Wildman–Crippen MR) is 115 cm³/mol. The molecule has 1 heterocycles. The molecule has 0 saturated heterocycles. The van der Waals surface area contributed by atoms with Gasteiger partial charge in [0.15, 0.2) is 6.61 Å². The van der Waals surface area contributed by atoms with Crippen LogP contribution in [0.2, 0.25) is 0 Å². The van der Waals surface area contributed by atoms with Gasteiger partial charge in [-0.1, -0.05) is 37.3 Å². The van der Waals surface area contributed by atoms with Crippen LogP contribution in [-0.4, -0.2) is 25.0 Å². The normalized spacial score (nSPS) is 13.1. The Balaban J connectivity index is 1.40. The van der Waals surface area contributed by atoms with Gasteiger partial charge in [-0.25, -0.2) is 0 Å². The number of anilines is 2. The Labute approximate surface area is 170 Å². The summed E-state index contributed by atoms with van der Waals surface area (Å²) in [7, 11) is 0. The van der Waals surface area contributed by atoms with Gasteiger partial charge < -0.3 is 15.0 Å². The van der Waals surface area contributed by atoms with Gasteiger partial charge in [0.1, 0.15) is 5.75 Å². The number of benzene rings is 3. The highest BCUT2D eigenvalue weighted by Crippen LogP contribution is 2.30. The van der Waals surface area contributed by atoms with E-state index < -0.39 is 0 Å². The molecule has 148 valence electrons. The molecule has 0 bridgehead atoms. The maximum Gasteiger partial charge on any atom is 0.262 e. The first-order valence-corrected chi connectivity index (χ1v) is 9.99. The van der Waals surface area contributed by atoms with Crippen molar-refractivity contribution in [1.29, 1.82) is 0 Å². The van der Waals surface area contributed by atoms with Crippen molar-refractivity contribution in [2.75, 3.05) is 23.4 Å². The lowest BCUT2D eigenvalue weighted by molar-refractivity contribution is -0.119. The van der Waals surface area contributed by atoms with E-state index in [4.69, 9.17) is 4.74 Å². The van der Waals surface area contributed by atoms with Gasteiger partial charge >= 0.3 is 0 Å². The van der Waals surface area contributed by atoms with E-state index in [-0.39, 0.29) is 18.4 Å². The second-order valence-electron chi connectivity index (χ2n) is 7.19. The fourth-order valence-electron chi connectivity index (χ4n) is 3.73. The minimum absolute atomic E-state index is 0.0597. The maximum absolute atomic E-state index is 12.3. The third kappa shape index (κ3) is 4.24. The number of carbonyl (C=O) groups excluding carboxylic acids is 2. The van der Waals surface area contributed by atoms with Crippen LogP contribution < -0.4 is 15.0 Å². The summed E-state index contributed by atoms with van der Waals surface area (Å²) in [6.45, 7) is 2.57. The Morgan fingerprint density at radius 3 is 2.69 bits per heavy atom. The number of carbonyl (C=O) groups is 2. The standard InChI is InChI=1S/C24H24N2O3/c1-2-24(28)26-13-5-8-19-14-20(10-12-22(19)26)25-23(27)16-29-21-11-9-17-6-3-4-7-18(17)15-21/h3-4,6-7,9-12,14-15H,2,5,8,13,16H2,1H3,(H,25,27). The third-order valence-electron chi connectivity index (χ3n) is 5.18. The van der Waals surface area contributed by atoms with E-state index >= 15 is 0 Å². The number of nitrogens with zero attached hydrogens (tertiary/aromatic N) is 1. The summed E-state index contributed by atoms with van der Waals surface area (Å²) < 4.78 is 5.66. The molecule has 2 amide bonds. The van der Waals surface area contributed by atoms with Crippen LogP contribution in [0.1, 0.15) is 25.3 Å². The Kier molecular flexibility index (Phi) is 5.47. The molecular weight excluding hydrogens is 364 g/mol. The number of fused-ring (bicyclic) bond motifs is 2. The van der Waals surface area contributed by atoms with Crippen LogP contribution in [-0.2, 0) is 16.0 Å². The molecule has 0 atom stereocenters. The highest BCUT2D eigenvalue weighted by molar-refractivity contribution is 5.96. The summed E-state index contributed by atoms with van der Waals surface area (Å²) in [6.07, 6.45) is 2.32. The largest absolute Gasteiger partial charge is 0.484 e. The van der Waals surface area contributed by atoms with E-state index in [9.17, 15) is 9.59 Å². The van der Waals surface area contributed by atoms with Crippen molar-refractivity contribution in [3.05, 3.63) is 66.2 Å². The molecule has 1 aliphatic rings. The van der Waals surface area contributed by atoms with Crippen LogP contribution in [0.4, 0.5) is 11.4 Å². The van der Waals surface area contributed by atoms with Crippen molar-refractivity contribution in [2.45, 2.75) is 26.2 Å². The SMILES string of the molecule is CCC(=O)N1CCCc2cc(NC(=O)COc3ccc4ccccc4c3)ccc21. The lowest BCUT2D eigenvalue weighted by Gasteiger charge is -2.29. The van der Waals surface area contributed by atoms with Gasteiger partial charge in [0, 0.05) is 24.3 Å². The number of hydrogen-bond donors (Lipinski definition) is 1. The molecule has 1 N–H and O–H groups in total. The minimum atomic E-state index is -0.213. The Bertz CT molecular complexity index is 1060. The molecular formula is C24H24N2O3. The molecule has 0 aliphatic carbocycles. The predicted octanol–water partition coefficient (Wildman–Crippen LogP) is 4.55. The van der Waals surface area contributed by atoms with E-state index in [2.05, 4.69) is 5.32 Å². The molecule has 4 rings (SSSR count). The second kappa shape index (κ2) is 8.35. The first-order chi connectivity index (χ1) is 14.1. The molecule has 0 fully saturated rings. The molecule has 29 heavy (non-hydrogen) atoms. The van der Waals surface area contributed by atoms with E-state index in [0.717, 1.165) is 47.1 Å². The van der Waals surface area contributed by atoms with Crippen molar-refractivity contribution in [3.63, 3.8) is 0 Å². The average Bonchev–Trinajstić information content (AvgIpc) is 2.76. The number of aryl methyl sites for hydroxylation is 1. The first kappa shape index (κ1) is 19.0. The second-order valence-corrected chi connectivity index (χ2v) is 7.19. The van der Waals surface area contributed by atoms with Crippen LogP contribution in [0.3, 0.4) is 0 Å². The molecule has 0 unspecified atom stereocenters. The van der Waals surface area contributed by atoms with Crippen LogP contribution in [0.25, 0.3) is 10.8 Å². The molecule has 5 nitrogen and oxygen atoms in total. The fraction of sp³-hybridized carbons (Fsp3) is 0.250. The van der Waals surface area contributed by atoms with Crippen molar-refractivity contribution in [1.82, 2.24) is 0 Å². The summed E-state index contributed by atoms with van der Waals surface area (Å²) in [5.41, 5.74) is 2.77. The zero-order valence-electron chi connectivity index (χ0n) is 16.5. The van der Waals surface area contributed by atoms with Crippen LogP contribution >= 0.6 is 0 Å². The number of ether oxygens (including phenoxy) is 1. The quantitative estimate of drug-likeness (QED) is 0.698. The highest BCUT2D eigenvalue weighted by atomic mass is 16.5. The van der Waals surface area contributed by atoms with Crippen molar-refractivity contribution < 1.29 is 14.3 Å². The van der Waals surface area contributed by atoms with Crippen molar-refractivity contribution in [3.8, 4) is 5.75 Å². The molecule has 0 aromatic heterocycles. The van der Waals surface area contributed by atoms with E-state index in [0.29, 0.717) is 12.2 Å². The van der Waals surface area contributed by atoms with Crippen LogP contribution in [0, 0.1) is 0 Å². The van der Waals surface area contributed by atoms with Gasteiger partial charge in [-0.3, -0.25) is 9.59 Å². The summed E-state index contributed by atoms with van der Waals surface area (Å²) in [4.78, 5) is 26.3. The Hall–Kier alpha value is -3.34. The monoisotopic (exact) mass is 388 g/mol. The Morgan fingerprint density at radius 2 is 1.86 bits per heavy atom. The zero-order valence-corrected chi connectivity index (χ0v) is 16.5. The topological polar surface area (TPSA) is 58.6 Å². The van der Waals surface area contributed by atoms with Crippen molar-refractivity contribution in [2.24, 2.45) is 0 Å². The highest BCUT2D eigenvalue weighted by Gasteiger charge is 2.21. The summed E-state index contributed by atoms with van der Waals surface area (Å²) >= 11 is 0. The fourth-order valence-corrected chi connectivity index (χ4v) is 3.73. The van der Waals surface area contributed by atoms with E-state index in [1.54, 1.807) is 0 Å². The average molecular weight is 388 g/mol. The van der Waals surface area contributed by atoms with Crippen molar-refractivity contribution >= 4 is 34.0 Å². The summed E-state index contributed by atoms with van der Waals surface area (Å²) in [6, 6.07) is 19.5. The molecule has 0 radical (unpaired) electrons. The van der Waals surface area contributed by atoms with Gasteiger partial charge in [0.05, 0.1) is 0 Å². The van der Waals surface area contributed by atoms with Crippen LogP contribution in [0.5, 0.6) is 5.75 Å². The number of nitrogens with one attached hydrogen (secondary N) is 1. The molecule has 3 aromatic rings. The molecule has 5 heteroatoms. The molecule has 3 aromatic carbocycles. The van der Waals surface area contributed by atoms with E-state index in [1.807, 2.05) is 72.5 Å². The maximum atomic E-state index is 12.3. The van der Waals surface area contributed by atoms with Gasteiger partial charge in [0.25, 0.3) is 5.91 Å². The van der Waals surface area contributed by atoms with Gasteiger partial charge in [0.2, 0.25) is 5.91 Å². The molecule has 0 spiro atoms. The summed E-state index contributed by atoms with van der Waals surface area (Å²) in [5, 5.41) is 5.10. The number of rotatable bonds is 5. The molecule has 0 saturated carbocycles. The number of hydrogen-bond acceptors (Lipinski definition) is 3. The first-order valence-electron chi connectivity index (χ1n) is 9.99. The Morgan fingerprint density at radius 1 is 1.03 bits per heavy atom. The molecule has 1 aliphatic heterocycles.